The maximum atomic E-state index is 10.3. The molecule has 2 heterocycles. The van der Waals surface area contributed by atoms with Crippen molar-refractivity contribution in [1.29, 1.82) is 0 Å². The fraction of sp³-hybridized carbons (Fsp3) is 0.526. The molecule has 0 radical (unpaired) electrons. The van der Waals surface area contributed by atoms with Gasteiger partial charge in [0.25, 0.3) is 0 Å². The number of nitrogens with zero attached hydrogens (tertiary/aromatic N) is 2. The third kappa shape index (κ3) is 3.53. The summed E-state index contributed by atoms with van der Waals surface area (Å²) in [5.74, 6) is 0.484. The van der Waals surface area contributed by atoms with Gasteiger partial charge in [-0.2, -0.15) is 5.10 Å². The molecule has 1 unspecified atom stereocenters. The summed E-state index contributed by atoms with van der Waals surface area (Å²) < 4.78 is 7.45. The molecule has 0 bridgehead atoms. The number of rotatable bonds is 5. The van der Waals surface area contributed by atoms with Gasteiger partial charge in [-0.1, -0.05) is 18.2 Å². The Hall–Kier alpha value is -1.69. The molecule has 2 aromatic rings. The first-order chi connectivity index (χ1) is 11.8. The highest BCUT2D eigenvalue weighted by Gasteiger charge is 2.32. The quantitative estimate of drug-likeness (QED) is 0.880. The van der Waals surface area contributed by atoms with Crippen molar-refractivity contribution in [2.45, 2.75) is 51.1 Å². The molecule has 5 heteroatoms. The lowest BCUT2D eigenvalue weighted by molar-refractivity contribution is 0.110. The fourth-order valence-electron chi connectivity index (χ4n) is 3.94. The van der Waals surface area contributed by atoms with Crippen LogP contribution in [-0.4, -0.2) is 33.6 Å². The van der Waals surface area contributed by atoms with Gasteiger partial charge in [0.2, 0.25) is 0 Å². The molecule has 24 heavy (non-hydrogen) atoms. The number of hydrogen-bond acceptors (Lipinski definition) is 4. The summed E-state index contributed by atoms with van der Waals surface area (Å²) in [6, 6.07) is 8.75. The van der Waals surface area contributed by atoms with Gasteiger partial charge in [-0.15, -0.1) is 0 Å². The molecule has 128 valence electrons. The molecule has 1 aliphatic carbocycles. The van der Waals surface area contributed by atoms with Gasteiger partial charge in [0.15, 0.2) is 0 Å². The average Bonchev–Trinajstić information content (AvgIpc) is 3.23. The van der Waals surface area contributed by atoms with Crippen LogP contribution in [0.5, 0.6) is 0 Å². The Bertz CT molecular complexity index is 671. The molecule has 4 rings (SSSR count). The highest BCUT2D eigenvalue weighted by Crippen LogP contribution is 2.28. The molecular weight excluding hydrogens is 302 g/mol. The Morgan fingerprint density at radius 2 is 2.25 bits per heavy atom. The largest absolute Gasteiger partial charge is 0.391 e. The monoisotopic (exact) mass is 327 g/mol. The second kappa shape index (κ2) is 7.05. The second-order valence-electron chi connectivity index (χ2n) is 7.03. The summed E-state index contributed by atoms with van der Waals surface area (Å²) in [7, 11) is 0. The molecule has 1 saturated carbocycles. The number of benzene rings is 1. The normalized spacial score (nSPS) is 26.5. The zero-order valence-corrected chi connectivity index (χ0v) is 13.9. The third-order valence-corrected chi connectivity index (χ3v) is 5.24. The van der Waals surface area contributed by atoms with Crippen LogP contribution in [-0.2, 0) is 30.9 Å². The zero-order valence-electron chi connectivity index (χ0n) is 13.9. The van der Waals surface area contributed by atoms with Gasteiger partial charge in [0, 0.05) is 31.5 Å². The van der Waals surface area contributed by atoms with Crippen molar-refractivity contribution < 1.29 is 9.84 Å². The maximum absolute atomic E-state index is 10.3. The molecule has 5 nitrogen and oxygen atoms in total. The van der Waals surface area contributed by atoms with E-state index in [0.29, 0.717) is 5.92 Å². The number of aliphatic hydroxyl groups is 1. The van der Waals surface area contributed by atoms with E-state index in [9.17, 15) is 5.11 Å². The number of fused-ring (bicyclic) bond motifs is 1. The smallest absolute Gasteiger partial charge is 0.0719 e. The van der Waals surface area contributed by atoms with Gasteiger partial charge in [0.1, 0.15) is 0 Å². The SMILES string of the molecule is O[C@@H]1CC(Cn2cccn2)C[C@H]1NCc1ccc2c(c1)CCOC2. The van der Waals surface area contributed by atoms with Crippen molar-refractivity contribution in [1.82, 2.24) is 15.1 Å². The summed E-state index contributed by atoms with van der Waals surface area (Å²) in [6.07, 6.45) is 6.38. The van der Waals surface area contributed by atoms with Crippen LogP contribution in [0.4, 0.5) is 0 Å². The molecule has 1 aliphatic heterocycles. The van der Waals surface area contributed by atoms with Crippen LogP contribution >= 0.6 is 0 Å². The molecule has 0 amide bonds. The van der Waals surface area contributed by atoms with Crippen molar-refractivity contribution >= 4 is 0 Å². The molecule has 2 N–H and O–H groups in total. The van der Waals surface area contributed by atoms with Crippen molar-refractivity contribution in [2.75, 3.05) is 6.61 Å². The van der Waals surface area contributed by atoms with E-state index in [1.165, 1.54) is 16.7 Å². The first-order valence-electron chi connectivity index (χ1n) is 8.85. The Labute approximate surface area is 142 Å². The predicted molar refractivity (Wildman–Crippen MR) is 91.4 cm³/mol. The van der Waals surface area contributed by atoms with Crippen molar-refractivity contribution in [3.63, 3.8) is 0 Å². The lowest BCUT2D eigenvalue weighted by atomic mass is 10.00. The predicted octanol–water partition coefficient (Wildman–Crippen LogP) is 1.89. The van der Waals surface area contributed by atoms with E-state index in [4.69, 9.17) is 4.74 Å². The Morgan fingerprint density at radius 1 is 1.29 bits per heavy atom. The molecule has 2 aliphatic rings. The van der Waals surface area contributed by atoms with Crippen LogP contribution < -0.4 is 5.32 Å². The highest BCUT2D eigenvalue weighted by molar-refractivity contribution is 5.33. The van der Waals surface area contributed by atoms with E-state index in [1.807, 2.05) is 23.1 Å². The van der Waals surface area contributed by atoms with E-state index >= 15 is 0 Å². The van der Waals surface area contributed by atoms with Crippen LogP contribution in [0.3, 0.4) is 0 Å². The van der Waals surface area contributed by atoms with E-state index in [2.05, 4.69) is 28.6 Å². The highest BCUT2D eigenvalue weighted by atomic mass is 16.5. The van der Waals surface area contributed by atoms with Gasteiger partial charge >= 0.3 is 0 Å². The molecule has 3 atom stereocenters. The third-order valence-electron chi connectivity index (χ3n) is 5.24. The Kier molecular flexibility index (Phi) is 4.65. The van der Waals surface area contributed by atoms with Gasteiger partial charge in [-0.3, -0.25) is 4.68 Å². The van der Waals surface area contributed by atoms with Crippen LogP contribution in [0.15, 0.2) is 36.7 Å². The first kappa shape index (κ1) is 15.8. The van der Waals surface area contributed by atoms with Crippen LogP contribution in [0.1, 0.15) is 29.5 Å². The number of nitrogens with one attached hydrogen (secondary N) is 1. The van der Waals surface area contributed by atoms with Gasteiger partial charge < -0.3 is 15.2 Å². The number of ether oxygens (including phenoxy) is 1. The molecular formula is C19H25N3O2. The van der Waals surface area contributed by atoms with E-state index in [1.54, 1.807) is 0 Å². The minimum Gasteiger partial charge on any atom is -0.391 e. The average molecular weight is 327 g/mol. The zero-order chi connectivity index (χ0) is 16.4. The minimum atomic E-state index is -0.267. The fourth-order valence-corrected chi connectivity index (χ4v) is 3.94. The van der Waals surface area contributed by atoms with E-state index < -0.39 is 0 Å². The second-order valence-corrected chi connectivity index (χ2v) is 7.03. The van der Waals surface area contributed by atoms with Gasteiger partial charge in [0.05, 0.1) is 19.3 Å². The number of aliphatic hydroxyl groups excluding tert-OH is 1. The first-order valence-corrected chi connectivity index (χ1v) is 8.85. The summed E-state index contributed by atoms with van der Waals surface area (Å²) in [4.78, 5) is 0. The standard InChI is InChI=1S/C19H25N3O2/c23-19-10-15(12-22-6-1-5-21-22)9-18(19)20-11-14-2-3-17-13-24-7-4-16(17)8-14/h1-3,5-6,8,15,18-20,23H,4,7,9-13H2/t15?,18-,19-/m1/s1. The minimum absolute atomic E-state index is 0.171. The summed E-state index contributed by atoms with van der Waals surface area (Å²) in [6.45, 7) is 3.26. The summed E-state index contributed by atoms with van der Waals surface area (Å²) in [5, 5.41) is 18.2. The lowest BCUT2D eigenvalue weighted by Crippen LogP contribution is -2.35. The van der Waals surface area contributed by atoms with Crippen LogP contribution in [0, 0.1) is 5.92 Å². The molecule has 1 fully saturated rings. The van der Waals surface area contributed by atoms with Crippen molar-refractivity contribution in [2.24, 2.45) is 5.92 Å². The number of aromatic nitrogens is 2. The van der Waals surface area contributed by atoms with Crippen molar-refractivity contribution in [3.8, 4) is 0 Å². The van der Waals surface area contributed by atoms with E-state index in [0.717, 1.165) is 45.6 Å². The Morgan fingerprint density at radius 3 is 3.12 bits per heavy atom. The molecule has 1 aromatic carbocycles. The number of hydrogen-bond donors (Lipinski definition) is 2. The molecule has 0 saturated heterocycles. The van der Waals surface area contributed by atoms with Crippen LogP contribution in [0.2, 0.25) is 0 Å². The topological polar surface area (TPSA) is 59.3 Å². The summed E-state index contributed by atoms with van der Waals surface area (Å²) >= 11 is 0. The van der Waals surface area contributed by atoms with Crippen LogP contribution in [0.25, 0.3) is 0 Å². The lowest BCUT2D eigenvalue weighted by Gasteiger charge is -2.19. The molecule has 0 spiro atoms. The maximum Gasteiger partial charge on any atom is 0.0719 e. The van der Waals surface area contributed by atoms with Gasteiger partial charge in [-0.05, 0) is 47.9 Å². The van der Waals surface area contributed by atoms with E-state index in [-0.39, 0.29) is 12.1 Å². The van der Waals surface area contributed by atoms with Crippen molar-refractivity contribution in [3.05, 3.63) is 53.3 Å². The summed E-state index contributed by atoms with van der Waals surface area (Å²) in [5.41, 5.74) is 4.01. The molecule has 1 aromatic heterocycles. The Balaban J connectivity index is 1.32. The van der Waals surface area contributed by atoms with Gasteiger partial charge in [-0.25, -0.2) is 0 Å².